The summed E-state index contributed by atoms with van der Waals surface area (Å²) in [7, 11) is 0. The number of aliphatic hydroxyl groups excluding tert-OH is 1. The maximum absolute atomic E-state index is 11.7. The van der Waals surface area contributed by atoms with Gasteiger partial charge in [-0.3, -0.25) is 0 Å². The zero-order chi connectivity index (χ0) is 12.2. The molecule has 0 bridgehead atoms. The molecule has 0 fully saturated rings. The third kappa shape index (κ3) is 4.15. The summed E-state index contributed by atoms with van der Waals surface area (Å²) in [5.74, 6) is -0.0418. The Kier molecular flexibility index (Phi) is 4.25. The fourth-order valence-electron chi connectivity index (χ4n) is 0.899. The lowest BCUT2D eigenvalue weighted by molar-refractivity contribution is -0.178. The summed E-state index contributed by atoms with van der Waals surface area (Å²) in [5.41, 5.74) is 0. The predicted octanol–water partition coefficient (Wildman–Crippen LogP) is 1.59. The minimum absolute atomic E-state index is 0.0492. The number of hydrogen-bond donors (Lipinski definition) is 1. The summed E-state index contributed by atoms with van der Waals surface area (Å²) in [5, 5.41) is 12.7. The van der Waals surface area contributed by atoms with E-state index in [4.69, 9.17) is 0 Å². The van der Waals surface area contributed by atoms with E-state index in [0.717, 1.165) is 0 Å². The van der Waals surface area contributed by atoms with Gasteiger partial charge in [-0.2, -0.15) is 18.2 Å². The van der Waals surface area contributed by atoms with E-state index in [1.54, 1.807) is 6.92 Å². The van der Waals surface area contributed by atoms with Crippen molar-refractivity contribution in [3.05, 3.63) is 11.7 Å². The van der Waals surface area contributed by atoms with Crippen LogP contribution in [-0.4, -0.2) is 28.0 Å². The Morgan fingerprint density at radius 1 is 1.50 bits per heavy atom. The molecule has 8 heteroatoms. The van der Waals surface area contributed by atoms with Gasteiger partial charge in [0.2, 0.25) is 0 Å². The van der Waals surface area contributed by atoms with E-state index < -0.39 is 25.5 Å². The standard InChI is InChI=1S/C8H11F3N2O3/c1-2-5(14)7-12-6(16-13-7)3-15-4-8(9,10)11/h5,14H,2-4H2,1H3. The van der Waals surface area contributed by atoms with E-state index in [-0.39, 0.29) is 11.7 Å². The molecule has 0 saturated carbocycles. The Labute approximate surface area is 89.2 Å². The highest BCUT2D eigenvalue weighted by Crippen LogP contribution is 2.16. The van der Waals surface area contributed by atoms with Crippen LogP contribution in [0.1, 0.15) is 31.2 Å². The molecule has 0 amide bonds. The molecule has 0 aromatic carbocycles. The highest BCUT2D eigenvalue weighted by molar-refractivity contribution is 4.89. The smallest absolute Gasteiger partial charge is 0.385 e. The van der Waals surface area contributed by atoms with Crippen LogP contribution in [-0.2, 0) is 11.3 Å². The molecule has 0 spiro atoms. The minimum atomic E-state index is -4.38. The molecule has 0 radical (unpaired) electrons. The Balaban J connectivity index is 2.41. The molecule has 0 aliphatic rings. The van der Waals surface area contributed by atoms with E-state index in [1.165, 1.54) is 0 Å². The second-order valence-electron chi connectivity index (χ2n) is 3.08. The molecule has 0 saturated heterocycles. The van der Waals surface area contributed by atoms with Gasteiger partial charge in [0.15, 0.2) is 5.82 Å². The second kappa shape index (κ2) is 5.26. The molecular formula is C8H11F3N2O3. The number of nitrogens with zero attached hydrogens (tertiary/aromatic N) is 2. The number of aromatic nitrogens is 2. The van der Waals surface area contributed by atoms with Crippen LogP contribution in [0.2, 0.25) is 0 Å². The molecule has 0 aliphatic heterocycles. The lowest BCUT2D eigenvalue weighted by Gasteiger charge is -2.04. The number of alkyl halides is 3. The quantitative estimate of drug-likeness (QED) is 0.846. The molecular weight excluding hydrogens is 229 g/mol. The van der Waals surface area contributed by atoms with E-state index in [2.05, 4.69) is 19.4 Å². The summed E-state index contributed by atoms with van der Waals surface area (Å²) in [6.07, 6.45) is -4.87. The van der Waals surface area contributed by atoms with Crippen LogP contribution in [0, 0.1) is 0 Å². The molecule has 16 heavy (non-hydrogen) atoms. The average Bonchev–Trinajstić information content (AvgIpc) is 2.63. The van der Waals surface area contributed by atoms with Crippen molar-refractivity contribution in [2.45, 2.75) is 32.2 Å². The monoisotopic (exact) mass is 240 g/mol. The molecule has 1 heterocycles. The van der Waals surface area contributed by atoms with E-state index in [0.29, 0.717) is 6.42 Å². The van der Waals surface area contributed by atoms with Crippen LogP contribution in [0.4, 0.5) is 13.2 Å². The van der Waals surface area contributed by atoms with Crippen molar-refractivity contribution in [1.29, 1.82) is 0 Å². The number of ether oxygens (including phenoxy) is 1. The molecule has 1 aromatic rings. The lowest BCUT2D eigenvalue weighted by Crippen LogP contribution is -2.16. The molecule has 0 aliphatic carbocycles. The van der Waals surface area contributed by atoms with Gasteiger partial charge < -0.3 is 14.4 Å². The van der Waals surface area contributed by atoms with Gasteiger partial charge in [-0.25, -0.2) is 0 Å². The fourth-order valence-corrected chi connectivity index (χ4v) is 0.899. The highest BCUT2D eigenvalue weighted by atomic mass is 19.4. The average molecular weight is 240 g/mol. The van der Waals surface area contributed by atoms with Gasteiger partial charge in [0.1, 0.15) is 19.3 Å². The zero-order valence-corrected chi connectivity index (χ0v) is 8.49. The lowest BCUT2D eigenvalue weighted by atomic mass is 10.3. The van der Waals surface area contributed by atoms with Crippen LogP contribution in [0.3, 0.4) is 0 Å². The first-order valence-corrected chi connectivity index (χ1v) is 4.57. The maximum Gasteiger partial charge on any atom is 0.411 e. The van der Waals surface area contributed by atoms with Crippen LogP contribution < -0.4 is 0 Å². The Morgan fingerprint density at radius 2 is 2.19 bits per heavy atom. The van der Waals surface area contributed by atoms with Crippen LogP contribution in [0.5, 0.6) is 0 Å². The van der Waals surface area contributed by atoms with Gasteiger partial charge in [0.05, 0.1) is 0 Å². The first kappa shape index (κ1) is 12.9. The number of hydrogen-bond acceptors (Lipinski definition) is 5. The van der Waals surface area contributed by atoms with Crippen molar-refractivity contribution in [2.75, 3.05) is 6.61 Å². The number of halogens is 3. The molecule has 1 rings (SSSR count). The molecule has 5 nitrogen and oxygen atoms in total. The normalized spacial score (nSPS) is 14.1. The summed E-state index contributed by atoms with van der Waals surface area (Å²) in [4.78, 5) is 3.68. The molecule has 1 unspecified atom stereocenters. The van der Waals surface area contributed by atoms with Crippen LogP contribution in [0.25, 0.3) is 0 Å². The van der Waals surface area contributed by atoms with Gasteiger partial charge in [-0.05, 0) is 6.42 Å². The largest absolute Gasteiger partial charge is 0.411 e. The summed E-state index contributed by atoms with van der Waals surface area (Å²) in [6.45, 7) is -0.0924. The van der Waals surface area contributed by atoms with Gasteiger partial charge in [0.25, 0.3) is 5.89 Å². The fraction of sp³-hybridized carbons (Fsp3) is 0.750. The summed E-state index contributed by atoms with van der Waals surface area (Å²) < 4.78 is 44.0. The van der Waals surface area contributed by atoms with E-state index >= 15 is 0 Å². The SMILES string of the molecule is CCC(O)c1noc(COCC(F)(F)F)n1. The third-order valence-corrected chi connectivity index (χ3v) is 1.66. The maximum atomic E-state index is 11.7. The van der Waals surface area contributed by atoms with E-state index in [1.807, 2.05) is 0 Å². The van der Waals surface area contributed by atoms with Gasteiger partial charge >= 0.3 is 6.18 Å². The zero-order valence-electron chi connectivity index (χ0n) is 8.49. The predicted molar refractivity (Wildman–Crippen MR) is 45.3 cm³/mol. The van der Waals surface area contributed by atoms with Crippen molar-refractivity contribution < 1.29 is 27.5 Å². The second-order valence-corrected chi connectivity index (χ2v) is 3.08. The minimum Gasteiger partial charge on any atom is -0.385 e. The molecule has 1 N–H and O–H groups in total. The van der Waals surface area contributed by atoms with Crippen molar-refractivity contribution in [1.82, 2.24) is 10.1 Å². The van der Waals surface area contributed by atoms with Gasteiger partial charge in [0, 0.05) is 0 Å². The molecule has 92 valence electrons. The Bertz CT molecular complexity index is 327. The topological polar surface area (TPSA) is 68.4 Å². The number of rotatable bonds is 5. The van der Waals surface area contributed by atoms with Crippen LogP contribution in [0.15, 0.2) is 4.52 Å². The first-order chi connectivity index (χ1) is 7.42. The van der Waals surface area contributed by atoms with Crippen molar-refractivity contribution in [3.63, 3.8) is 0 Å². The highest BCUT2D eigenvalue weighted by Gasteiger charge is 2.27. The summed E-state index contributed by atoms with van der Waals surface area (Å²) in [6, 6.07) is 0. The molecule has 1 atom stereocenters. The van der Waals surface area contributed by atoms with Gasteiger partial charge in [-0.1, -0.05) is 12.1 Å². The van der Waals surface area contributed by atoms with Crippen molar-refractivity contribution >= 4 is 0 Å². The Morgan fingerprint density at radius 3 is 2.75 bits per heavy atom. The first-order valence-electron chi connectivity index (χ1n) is 4.57. The van der Waals surface area contributed by atoms with Crippen molar-refractivity contribution in [2.24, 2.45) is 0 Å². The summed E-state index contributed by atoms with van der Waals surface area (Å²) >= 11 is 0. The third-order valence-electron chi connectivity index (χ3n) is 1.66. The van der Waals surface area contributed by atoms with Gasteiger partial charge in [-0.15, -0.1) is 0 Å². The van der Waals surface area contributed by atoms with E-state index in [9.17, 15) is 18.3 Å². The molecule has 1 aromatic heterocycles. The van der Waals surface area contributed by atoms with Crippen molar-refractivity contribution in [3.8, 4) is 0 Å². The van der Waals surface area contributed by atoms with Crippen LogP contribution >= 0.6 is 0 Å². The number of aliphatic hydroxyl groups is 1. The Hall–Kier alpha value is -1.15.